The molecule has 3 aliphatic heterocycles. The predicted molar refractivity (Wildman–Crippen MR) is 103 cm³/mol. The molecule has 0 aliphatic carbocycles. The van der Waals surface area contributed by atoms with Gasteiger partial charge in [0.15, 0.2) is 12.2 Å². The number of rotatable bonds is 6. The molecule has 160 valence electrons. The van der Waals surface area contributed by atoms with E-state index in [9.17, 15) is 24.7 Å². The maximum atomic E-state index is 14.0. The van der Waals surface area contributed by atoms with Crippen molar-refractivity contribution in [3.8, 4) is 0 Å². The molecule has 1 fully saturated rings. The zero-order valence-electron chi connectivity index (χ0n) is 15.7. The zero-order valence-corrected chi connectivity index (χ0v) is 15.7. The molecule has 5 atom stereocenters. The van der Waals surface area contributed by atoms with Gasteiger partial charge in [-0.05, 0) is 5.56 Å². The minimum atomic E-state index is -0.950. The summed E-state index contributed by atoms with van der Waals surface area (Å²) in [5.74, 6) is 0.0745. The van der Waals surface area contributed by atoms with Crippen molar-refractivity contribution in [2.75, 3.05) is 13.2 Å². The van der Waals surface area contributed by atoms with E-state index in [4.69, 9.17) is 9.47 Å². The van der Waals surface area contributed by atoms with Gasteiger partial charge in [-0.1, -0.05) is 12.1 Å². The van der Waals surface area contributed by atoms with Crippen LogP contribution in [-0.4, -0.2) is 82.2 Å². The molecule has 4 rings (SSSR count). The molecular weight excluding hydrogens is 401 g/mol. The Kier molecular flexibility index (Phi) is 5.70. The topological polar surface area (TPSA) is 142 Å². The molecule has 30 heavy (non-hydrogen) atoms. The highest BCUT2D eigenvalue weighted by molar-refractivity contribution is 5.97. The van der Waals surface area contributed by atoms with Crippen molar-refractivity contribution in [3.05, 3.63) is 39.9 Å². The van der Waals surface area contributed by atoms with Gasteiger partial charge in [0.05, 0.1) is 30.6 Å². The number of nitro benzene ring substituents is 1. The summed E-state index contributed by atoms with van der Waals surface area (Å²) in [5, 5.41) is 29.9. The van der Waals surface area contributed by atoms with Crippen molar-refractivity contribution in [2.45, 2.75) is 43.5 Å². The number of halogens is 1. The van der Waals surface area contributed by atoms with Crippen LogP contribution in [-0.2, 0) is 15.9 Å². The van der Waals surface area contributed by atoms with E-state index >= 15 is 0 Å². The lowest BCUT2D eigenvalue weighted by Crippen LogP contribution is -2.47. The summed E-state index contributed by atoms with van der Waals surface area (Å²) in [4.78, 5) is 23.7. The normalized spacial score (nSPS) is 30.1. The number of aliphatic imine (C=N–C) groups is 3. The maximum absolute atomic E-state index is 14.0. The Labute approximate surface area is 170 Å². The van der Waals surface area contributed by atoms with E-state index in [1.54, 1.807) is 17.0 Å². The molecule has 1 aromatic carbocycles. The Morgan fingerprint density at radius 3 is 2.80 bits per heavy atom. The van der Waals surface area contributed by atoms with Crippen LogP contribution in [0.15, 0.2) is 39.2 Å². The number of hydrogen-bond donors (Lipinski definition) is 2. The second-order valence-electron chi connectivity index (χ2n) is 7.06. The van der Waals surface area contributed by atoms with Gasteiger partial charge >= 0.3 is 6.09 Å². The highest BCUT2D eigenvalue weighted by atomic mass is 19.1. The average molecular weight is 421 g/mol. The van der Waals surface area contributed by atoms with E-state index < -0.39 is 41.7 Å². The maximum Gasteiger partial charge on any atom is 0.309 e. The van der Waals surface area contributed by atoms with Crippen molar-refractivity contribution in [1.29, 1.82) is 0 Å². The smallest absolute Gasteiger partial charge is 0.309 e. The van der Waals surface area contributed by atoms with Gasteiger partial charge in [0, 0.05) is 25.0 Å². The summed E-state index contributed by atoms with van der Waals surface area (Å²) < 4.78 is 25.3. The number of ether oxygens (including phenoxy) is 2. The van der Waals surface area contributed by atoms with Gasteiger partial charge in [0.25, 0.3) is 5.69 Å². The van der Waals surface area contributed by atoms with E-state index in [0.29, 0.717) is 6.42 Å². The summed E-state index contributed by atoms with van der Waals surface area (Å²) in [6.45, 7) is -0.152. The lowest BCUT2D eigenvalue weighted by atomic mass is 10.1. The number of hydrogen-bond acceptors (Lipinski definition) is 10. The van der Waals surface area contributed by atoms with Crippen LogP contribution in [0.5, 0.6) is 0 Å². The average Bonchev–Trinajstić information content (AvgIpc) is 3.31. The van der Waals surface area contributed by atoms with Gasteiger partial charge in [-0.2, -0.15) is 9.38 Å². The highest BCUT2D eigenvalue weighted by Gasteiger charge is 2.46. The minimum Gasteiger partial charge on any atom is -0.479 e. The molecule has 0 spiro atoms. The summed E-state index contributed by atoms with van der Waals surface area (Å²) in [6.07, 6.45) is -1.74. The Morgan fingerprint density at radius 1 is 1.37 bits per heavy atom. The number of fused-ring (bicyclic) bond motifs is 1. The van der Waals surface area contributed by atoms with Gasteiger partial charge in [-0.3, -0.25) is 15.1 Å². The largest absolute Gasteiger partial charge is 0.479 e. The lowest BCUT2D eigenvalue weighted by Gasteiger charge is -2.30. The molecule has 0 saturated carbocycles. The summed E-state index contributed by atoms with van der Waals surface area (Å²) >= 11 is 0. The first-order valence-corrected chi connectivity index (χ1v) is 9.39. The molecule has 1 aromatic rings. The molecule has 11 nitrogen and oxygen atoms in total. The van der Waals surface area contributed by atoms with E-state index in [-0.39, 0.29) is 31.2 Å². The molecule has 1 saturated heterocycles. The van der Waals surface area contributed by atoms with Crippen molar-refractivity contribution < 1.29 is 29.0 Å². The number of nitrogens with zero attached hydrogens (tertiary/aromatic N) is 5. The minimum absolute atomic E-state index is 0.000481. The molecule has 5 unspecified atom stereocenters. The SMILES string of the molecule is O=[N+]([O-])c1ccc(CCOC2=NC(F)=NC3C2N=CN3C2CC(O)C(CO)O2)cc1. The van der Waals surface area contributed by atoms with Gasteiger partial charge in [-0.15, -0.1) is 0 Å². The Morgan fingerprint density at radius 2 is 2.13 bits per heavy atom. The third-order valence-electron chi connectivity index (χ3n) is 5.15. The number of benzene rings is 1. The van der Waals surface area contributed by atoms with Crippen LogP contribution in [0.3, 0.4) is 0 Å². The Bertz CT molecular complexity index is 892. The molecule has 0 radical (unpaired) electrons. The van der Waals surface area contributed by atoms with Gasteiger partial charge < -0.3 is 24.6 Å². The molecule has 3 heterocycles. The van der Waals surface area contributed by atoms with Crippen LogP contribution in [0.1, 0.15) is 12.0 Å². The van der Waals surface area contributed by atoms with Gasteiger partial charge in [0.1, 0.15) is 12.3 Å². The number of nitro groups is 1. The van der Waals surface area contributed by atoms with E-state index in [0.717, 1.165) is 5.56 Å². The fraction of sp³-hybridized carbons (Fsp3) is 0.500. The predicted octanol–water partition coefficient (Wildman–Crippen LogP) is 0.398. The fourth-order valence-electron chi connectivity index (χ4n) is 3.56. The van der Waals surface area contributed by atoms with Crippen LogP contribution >= 0.6 is 0 Å². The van der Waals surface area contributed by atoms with E-state index in [2.05, 4.69) is 15.0 Å². The van der Waals surface area contributed by atoms with Crippen molar-refractivity contribution in [1.82, 2.24) is 4.90 Å². The fourth-order valence-corrected chi connectivity index (χ4v) is 3.56. The molecule has 12 heteroatoms. The zero-order chi connectivity index (χ0) is 21.3. The quantitative estimate of drug-likeness (QED) is 0.384. The van der Waals surface area contributed by atoms with Crippen LogP contribution in [0.2, 0.25) is 0 Å². The molecule has 0 aromatic heterocycles. The summed E-state index contributed by atoms with van der Waals surface area (Å²) in [7, 11) is 0. The molecule has 2 N–H and O–H groups in total. The highest BCUT2D eigenvalue weighted by Crippen LogP contribution is 2.30. The first-order valence-electron chi connectivity index (χ1n) is 9.39. The number of aliphatic hydroxyl groups excluding tert-OH is 2. The van der Waals surface area contributed by atoms with Gasteiger partial charge in [0.2, 0.25) is 5.90 Å². The Hall–Kier alpha value is -2.96. The standard InChI is InChI=1S/C18H20FN5O6/c19-18-21-16-15(20-9-23(16)14-7-12(26)13(8-25)30-14)17(22-18)29-6-5-10-1-3-11(4-2-10)24(27)28/h1-4,9,12-16,25-26H,5-8H2. The molecule has 3 aliphatic rings. The van der Waals surface area contributed by atoms with Crippen LogP contribution in [0, 0.1) is 10.1 Å². The number of amidine groups is 1. The van der Waals surface area contributed by atoms with Gasteiger partial charge in [-0.25, -0.2) is 4.99 Å². The first-order chi connectivity index (χ1) is 14.5. The monoisotopic (exact) mass is 421 g/mol. The van der Waals surface area contributed by atoms with Crippen molar-refractivity contribution in [3.63, 3.8) is 0 Å². The van der Waals surface area contributed by atoms with E-state index in [1.807, 2.05) is 0 Å². The van der Waals surface area contributed by atoms with E-state index in [1.165, 1.54) is 18.5 Å². The second-order valence-corrected chi connectivity index (χ2v) is 7.06. The molecular formula is C18H20FN5O6. The summed E-state index contributed by atoms with van der Waals surface area (Å²) in [5.41, 5.74) is 0.822. The summed E-state index contributed by atoms with van der Waals surface area (Å²) in [6, 6.07) is 5.42. The molecule has 0 bridgehead atoms. The van der Waals surface area contributed by atoms with Crippen LogP contribution in [0.25, 0.3) is 0 Å². The second kappa shape index (κ2) is 8.42. The third-order valence-corrected chi connectivity index (χ3v) is 5.15. The van der Waals surface area contributed by atoms with Crippen molar-refractivity contribution in [2.24, 2.45) is 15.0 Å². The lowest BCUT2D eigenvalue weighted by molar-refractivity contribution is -0.384. The van der Waals surface area contributed by atoms with Crippen LogP contribution < -0.4 is 0 Å². The van der Waals surface area contributed by atoms with Crippen LogP contribution in [0.4, 0.5) is 10.1 Å². The Balaban J connectivity index is 1.37. The number of non-ortho nitro benzene ring substituents is 1. The molecule has 0 amide bonds. The number of aliphatic hydroxyl groups is 2. The van der Waals surface area contributed by atoms with Crippen molar-refractivity contribution >= 4 is 24.0 Å². The first kappa shape index (κ1) is 20.3. The third kappa shape index (κ3) is 4.01.